The molecule has 34 heavy (non-hydrogen) atoms. The Kier molecular flexibility index (Phi) is 7.29. The minimum absolute atomic E-state index is 0.0227. The number of ketones is 1. The number of nitrogens with one attached hydrogen (secondary N) is 2. The van der Waals surface area contributed by atoms with Crippen LogP contribution >= 0.6 is 0 Å². The van der Waals surface area contributed by atoms with E-state index in [1.54, 1.807) is 19.1 Å². The highest BCUT2D eigenvalue weighted by Gasteiger charge is 2.31. The van der Waals surface area contributed by atoms with Crippen LogP contribution in [0.1, 0.15) is 73.5 Å². The van der Waals surface area contributed by atoms with E-state index in [1.165, 1.54) is 0 Å². The molecule has 0 aliphatic carbocycles. The number of hydrogen-bond donors (Lipinski definition) is 2. The van der Waals surface area contributed by atoms with Gasteiger partial charge in [0.25, 0.3) is 5.91 Å². The van der Waals surface area contributed by atoms with Gasteiger partial charge in [-0.15, -0.1) is 0 Å². The second kappa shape index (κ2) is 9.84. The Labute approximate surface area is 201 Å². The normalized spacial score (nSPS) is 13.5. The Bertz CT molecular complexity index is 1200. The molecule has 0 radical (unpaired) electrons. The first-order valence-electron chi connectivity index (χ1n) is 11.6. The quantitative estimate of drug-likeness (QED) is 0.366. The van der Waals surface area contributed by atoms with Gasteiger partial charge in [-0.05, 0) is 48.9 Å². The molecule has 0 aliphatic heterocycles. The Morgan fingerprint density at radius 3 is 2.15 bits per heavy atom. The zero-order valence-electron chi connectivity index (χ0n) is 21.0. The van der Waals surface area contributed by atoms with E-state index in [4.69, 9.17) is 4.74 Å². The van der Waals surface area contributed by atoms with Crippen LogP contribution < -0.4 is 5.32 Å². The minimum atomic E-state index is -0.991. The van der Waals surface area contributed by atoms with Gasteiger partial charge in [0.1, 0.15) is 6.04 Å². The maximum Gasteiger partial charge on any atom is 0.329 e. The van der Waals surface area contributed by atoms with Gasteiger partial charge < -0.3 is 15.0 Å². The molecule has 0 saturated carbocycles. The third-order valence-electron chi connectivity index (χ3n) is 6.02. The van der Waals surface area contributed by atoms with Crippen LogP contribution in [-0.4, -0.2) is 34.8 Å². The summed E-state index contributed by atoms with van der Waals surface area (Å²) in [6.07, 6.45) is -0.991. The Morgan fingerprint density at radius 2 is 1.56 bits per heavy atom. The molecule has 1 aromatic heterocycles. The van der Waals surface area contributed by atoms with Gasteiger partial charge in [0.15, 0.2) is 6.10 Å². The van der Waals surface area contributed by atoms with Gasteiger partial charge in [0, 0.05) is 27.7 Å². The maximum atomic E-state index is 13.1. The lowest BCUT2D eigenvalue weighted by atomic mass is 9.86. The molecule has 0 fully saturated rings. The molecule has 0 saturated heterocycles. The van der Waals surface area contributed by atoms with E-state index < -0.39 is 18.1 Å². The van der Waals surface area contributed by atoms with Crippen molar-refractivity contribution in [1.29, 1.82) is 0 Å². The molecule has 2 atom stereocenters. The van der Waals surface area contributed by atoms with Crippen molar-refractivity contribution in [3.63, 3.8) is 0 Å². The monoisotopic (exact) mass is 462 g/mol. The molecule has 0 unspecified atom stereocenters. The molecule has 3 aromatic rings. The molecule has 3 rings (SSSR count). The van der Waals surface area contributed by atoms with E-state index in [1.807, 2.05) is 57.2 Å². The van der Waals surface area contributed by atoms with Crippen LogP contribution in [0.4, 0.5) is 0 Å². The Hall–Kier alpha value is -3.41. The number of para-hydroxylation sites is 1. The summed E-state index contributed by atoms with van der Waals surface area (Å²) in [5, 5.41) is 3.57. The summed E-state index contributed by atoms with van der Waals surface area (Å²) in [5.41, 5.74) is 3.65. The molecule has 2 N–H and O–H groups in total. The minimum Gasteiger partial charge on any atom is -0.453 e. The van der Waals surface area contributed by atoms with E-state index in [2.05, 4.69) is 31.1 Å². The number of esters is 1. The molecule has 0 spiro atoms. The first-order chi connectivity index (χ1) is 15.9. The zero-order valence-corrected chi connectivity index (χ0v) is 21.0. The number of fused-ring (bicyclic) bond motifs is 1. The molecule has 1 heterocycles. The van der Waals surface area contributed by atoms with Crippen LogP contribution in [-0.2, 0) is 14.9 Å². The third-order valence-corrected chi connectivity index (χ3v) is 6.02. The third kappa shape index (κ3) is 5.38. The van der Waals surface area contributed by atoms with Gasteiger partial charge in [-0.25, -0.2) is 4.79 Å². The number of benzene rings is 2. The van der Waals surface area contributed by atoms with Gasteiger partial charge in [-0.3, -0.25) is 9.59 Å². The van der Waals surface area contributed by atoms with Crippen LogP contribution in [0.2, 0.25) is 0 Å². The maximum absolute atomic E-state index is 13.1. The van der Waals surface area contributed by atoms with Gasteiger partial charge in [0.05, 0.1) is 0 Å². The van der Waals surface area contributed by atoms with Crippen molar-refractivity contribution in [3.05, 3.63) is 70.9 Å². The van der Waals surface area contributed by atoms with Crippen molar-refractivity contribution in [1.82, 2.24) is 10.3 Å². The summed E-state index contributed by atoms with van der Waals surface area (Å²) in [6.45, 7) is 13.3. The topological polar surface area (TPSA) is 88.3 Å². The smallest absolute Gasteiger partial charge is 0.329 e. The summed E-state index contributed by atoms with van der Waals surface area (Å²) in [5.74, 6) is -1.49. The van der Waals surface area contributed by atoms with Crippen LogP contribution in [0.25, 0.3) is 10.9 Å². The fraction of sp³-hybridized carbons (Fsp3) is 0.393. The number of ether oxygens (including phenoxy) is 1. The van der Waals surface area contributed by atoms with Gasteiger partial charge >= 0.3 is 5.97 Å². The standard InChI is InChI=1S/C28H34N2O4/c1-16(2)24(30-26(32)19-12-14-20(15-13-19)28(5,6)7)27(33)34-18(4)25(31)23-17(3)29-22-11-9-8-10-21(22)23/h8-16,18,24,29H,1-7H3,(H,30,32)/t18-,24+/m1/s1. The van der Waals surface area contributed by atoms with E-state index in [9.17, 15) is 14.4 Å². The molecule has 0 bridgehead atoms. The largest absolute Gasteiger partial charge is 0.453 e. The Morgan fingerprint density at radius 1 is 0.941 bits per heavy atom. The number of Topliss-reactive ketones (excluding diaryl/α,β-unsaturated/α-hetero) is 1. The highest BCUT2D eigenvalue weighted by atomic mass is 16.5. The van der Waals surface area contributed by atoms with Gasteiger partial charge in [0.2, 0.25) is 5.78 Å². The average molecular weight is 463 g/mol. The summed E-state index contributed by atoms with van der Waals surface area (Å²) in [4.78, 5) is 42.1. The predicted molar refractivity (Wildman–Crippen MR) is 134 cm³/mol. The number of aryl methyl sites for hydroxylation is 1. The molecule has 2 aromatic carbocycles. The lowest BCUT2D eigenvalue weighted by Crippen LogP contribution is -2.46. The Balaban J connectivity index is 1.72. The van der Waals surface area contributed by atoms with E-state index >= 15 is 0 Å². The van der Waals surface area contributed by atoms with Crippen LogP contribution in [0, 0.1) is 12.8 Å². The summed E-state index contributed by atoms with van der Waals surface area (Å²) < 4.78 is 5.55. The van der Waals surface area contributed by atoms with Crippen molar-refractivity contribution in [2.24, 2.45) is 5.92 Å². The molecular weight excluding hydrogens is 428 g/mol. The van der Waals surface area contributed by atoms with Crippen molar-refractivity contribution >= 4 is 28.6 Å². The zero-order chi connectivity index (χ0) is 25.2. The van der Waals surface area contributed by atoms with E-state index in [0.717, 1.165) is 22.2 Å². The number of carbonyl (C=O) groups excluding carboxylic acids is 3. The molecule has 180 valence electrons. The molecule has 6 heteroatoms. The number of H-pyrrole nitrogens is 1. The van der Waals surface area contributed by atoms with Crippen molar-refractivity contribution < 1.29 is 19.1 Å². The number of amides is 1. The molecule has 1 amide bonds. The molecular formula is C28H34N2O4. The van der Waals surface area contributed by atoms with Crippen LogP contribution in [0.3, 0.4) is 0 Å². The van der Waals surface area contributed by atoms with Crippen LogP contribution in [0.15, 0.2) is 48.5 Å². The highest BCUT2D eigenvalue weighted by molar-refractivity contribution is 6.11. The van der Waals surface area contributed by atoms with Crippen LogP contribution in [0.5, 0.6) is 0 Å². The van der Waals surface area contributed by atoms with Crippen molar-refractivity contribution in [2.45, 2.75) is 66.0 Å². The number of rotatable bonds is 7. The first kappa shape index (κ1) is 25.2. The lowest BCUT2D eigenvalue weighted by Gasteiger charge is -2.23. The number of hydrogen-bond acceptors (Lipinski definition) is 4. The predicted octanol–water partition coefficient (Wildman–Crippen LogP) is 5.34. The second-order valence-corrected chi connectivity index (χ2v) is 10.1. The number of aromatic nitrogens is 1. The fourth-order valence-corrected chi connectivity index (χ4v) is 3.94. The number of carbonyl (C=O) groups is 3. The number of aromatic amines is 1. The van der Waals surface area contributed by atoms with Crippen molar-refractivity contribution in [3.8, 4) is 0 Å². The molecule has 0 aliphatic rings. The van der Waals surface area contributed by atoms with Crippen molar-refractivity contribution in [2.75, 3.05) is 0 Å². The summed E-state index contributed by atoms with van der Waals surface area (Å²) in [6, 6.07) is 14.0. The average Bonchev–Trinajstić information content (AvgIpc) is 3.11. The molecule has 6 nitrogen and oxygen atoms in total. The van der Waals surface area contributed by atoms with Gasteiger partial charge in [-0.2, -0.15) is 0 Å². The summed E-state index contributed by atoms with van der Waals surface area (Å²) >= 11 is 0. The van der Waals surface area contributed by atoms with E-state index in [0.29, 0.717) is 11.1 Å². The fourth-order valence-electron chi connectivity index (χ4n) is 3.94. The van der Waals surface area contributed by atoms with E-state index in [-0.39, 0.29) is 23.0 Å². The SMILES string of the molecule is Cc1[nH]c2ccccc2c1C(=O)[C@@H](C)OC(=O)[C@@H](NC(=O)c1ccc(C(C)(C)C)cc1)C(C)C. The highest BCUT2D eigenvalue weighted by Crippen LogP contribution is 2.25. The lowest BCUT2D eigenvalue weighted by molar-refractivity contribution is -0.149. The summed E-state index contributed by atoms with van der Waals surface area (Å²) in [7, 11) is 0. The first-order valence-corrected chi connectivity index (χ1v) is 11.6. The van der Waals surface area contributed by atoms with Gasteiger partial charge in [-0.1, -0.05) is 65.0 Å². The second-order valence-electron chi connectivity index (χ2n) is 10.1.